The third-order valence-electron chi connectivity index (χ3n) is 4.08. The van der Waals surface area contributed by atoms with Gasteiger partial charge in [-0.1, -0.05) is 32.0 Å². The molecule has 0 aliphatic rings. The van der Waals surface area contributed by atoms with Crippen molar-refractivity contribution >= 4 is 5.91 Å². The van der Waals surface area contributed by atoms with Crippen molar-refractivity contribution in [1.82, 2.24) is 10.2 Å². The van der Waals surface area contributed by atoms with E-state index in [1.165, 1.54) is 24.3 Å². The normalized spacial score (nSPS) is 12.5. The number of nitrogens with one attached hydrogen (secondary N) is 1. The molecule has 140 valence electrons. The van der Waals surface area contributed by atoms with Crippen molar-refractivity contribution in [1.29, 1.82) is 0 Å². The van der Waals surface area contributed by atoms with Crippen LogP contribution >= 0.6 is 0 Å². The van der Waals surface area contributed by atoms with Crippen molar-refractivity contribution in [2.75, 3.05) is 13.6 Å². The lowest BCUT2D eigenvalue weighted by molar-refractivity contribution is -0.123. The van der Waals surface area contributed by atoms with E-state index >= 15 is 0 Å². The van der Waals surface area contributed by atoms with Gasteiger partial charge in [-0.3, -0.25) is 9.69 Å². The highest BCUT2D eigenvalue weighted by Crippen LogP contribution is 2.22. The maximum Gasteiger partial charge on any atom is 0.234 e. The average Bonchev–Trinajstić information content (AvgIpc) is 2.56. The second-order valence-corrected chi connectivity index (χ2v) is 6.75. The number of likely N-dealkylation sites (N-methyl/N-ethyl adjacent to an activating group) is 1. The minimum atomic E-state index is -0.636. The number of rotatable bonds is 7. The van der Waals surface area contributed by atoms with Crippen LogP contribution in [0.1, 0.15) is 31.0 Å². The topological polar surface area (TPSA) is 32.3 Å². The van der Waals surface area contributed by atoms with E-state index in [2.05, 4.69) is 5.32 Å². The first-order valence-corrected chi connectivity index (χ1v) is 8.43. The van der Waals surface area contributed by atoms with E-state index in [0.29, 0.717) is 5.56 Å². The van der Waals surface area contributed by atoms with Gasteiger partial charge in [-0.05, 0) is 36.7 Å². The van der Waals surface area contributed by atoms with Crippen LogP contribution in [0, 0.1) is 23.4 Å². The Kier molecular flexibility index (Phi) is 6.80. The lowest BCUT2D eigenvalue weighted by atomic mass is 9.96. The van der Waals surface area contributed by atoms with Crippen LogP contribution in [-0.2, 0) is 11.3 Å². The van der Waals surface area contributed by atoms with Crippen molar-refractivity contribution in [3.05, 3.63) is 71.0 Å². The summed E-state index contributed by atoms with van der Waals surface area (Å²) >= 11 is 0. The Bertz CT molecular complexity index is 747. The Morgan fingerprint density at radius 1 is 1.04 bits per heavy atom. The van der Waals surface area contributed by atoms with Crippen molar-refractivity contribution in [3.8, 4) is 0 Å². The van der Waals surface area contributed by atoms with Gasteiger partial charge in [0.05, 0.1) is 12.6 Å². The van der Waals surface area contributed by atoms with E-state index in [9.17, 15) is 18.0 Å². The molecular weight excluding hydrogens is 341 g/mol. The Morgan fingerprint density at radius 2 is 1.65 bits per heavy atom. The molecular formula is C20H23F3N2O. The lowest BCUT2D eigenvalue weighted by Gasteiger charge is -2.25. The minimum absolute atomic E-state index is 0.0568. The van der Waals surface area contributed by atoms with Gasteiger partial charge in [-0.15, -0.1) is 0 Å². The molecule has 0 radical (unpaired) electrons. The number of hydrogen-bond donors (Lipinski definition) is 1. The van der Waals surface area contributed by atoms with E-state index in [1.54, 1.807) is 24.1 Å². The predicted molar refractivity (Wildman–Crippen MR) is 94.8 cm³/mol. The molecule has 1 N–H and O–H groups in total. The highest BCUT2D eigenvalue weighted by atomic mass is 19.1. The van der Waals surface area contributed by atoms with Crippen molar-refractivity contribution in [2.45, 2.75) is 26.4 Å². The number of benzene rings is 2. The van der Waals surface area contributed by atoms with Gasteiger partial charge >= 0.3 is 0 Å². The van der Waals surface area contributed by atoms with Gasteiger partial charge in [0.15, 0.2) is 0 Å². The van der Waals surface area contributed by atoms with E-state index in [0.717, 1.165) is 11.6 Å². The number of halogens is 3. The summed E-state index contributed by atoms with van der Waals surface area (Å²) in [5, 5.41) is 2.94. The number of amides is 1. The molecule has 3 nitrogen and oxygen atoms in total. The molecule has 0 saturated carbocycles. The van der Waals surface area contributed by atoms with Crippen molar-refractivity contribution in [3.63, 3.8) is 0 Å². The molecule has 2 rings (SSSR count). The summed E-state index contributed by atoms with van der Waals surface area (Å²) in [5.41, 5.74) is 1.14. The number of hydrogen-bond acceptors (Lipinski definition) is 2. The monoisotopic (exact) mass is 364 g/mol. The molecule has 1 atom stereocenters. The van der Waals surface area contributed by atoms with Crippen LogP contribution in [0.3, 0.4) is 0 Å². The van der Waals surface area contributed by atoms with Gasteiger partial charge in [0, 0.05) is 18.2 Å². The Labute approximate surface area is 151 Å². The van der Waals surface area contributed by atoms with Crippen molar-refractivity contribution < 1.29 is 18.0 Å². The second kappa shape index (κ2) is 8.85. The summed E-state index contributed by atoms with van der Waals surface area (Å²) in [6.07, 6.45) is 0. The molecule has 0 bridgehead atoms. The fourth-order valence-electron chi connectivity index (χ4n) is 2.77. The molecule has 2 aromatic carbocycles. The average molecular weight is 364 g/mol. The van der Waals surface area contributed by atoms with Gasteiger partial charge in [0.25, 0.3) is 0 Å². The Hall–Kier alpha value is -2.34. The van der Waals surface area contributed by atoms with Crippen LogP contribution < -0.4 is 5.32 Å². The molecule has 0 fully saturated rings. The fourth-order valence-corrected chi connectivity index (χ4v) is 2.77. The highest BCUT2D eigenvalue weighted by Gasteiger charge is 2.19. The maximum atomic E-state index is 13.7. The molecule has 26 heavy (non-hydrogen) atoms. The molecule has 1 amide bonds. The number of nitrogens with zero attached hydrogens (tertiary/aromatic N) is 1. The van der Waals surface area contributed by atoms with Gasteiger partial charge in [-0.2, -0.15) is 0 Å². The molecule has 0 heterocycles. The molecule has 6 heteroatoms. The summed E-state index contributed by atoms with van der Waals surface area (Å²) < 4.78 is 39.8. The van der Waals surface area contributed by atoms with Crippen LogP contribution in [0.4, 0.5) is 13.2 Å². The van der Waals surface area contributed by atoms with E-state index in [-0.39, 0.29) is 36.8 Å². The van der Waals surface area contributed by atoms with Crippen LogP contribution in [0.15, 0.2) is 42.5 Å². The summed E-state index contributed by atoms with van der Waals surface area (Å²) in [5.74, 6) is -1.71. The van der Waals surface area contributed by atoms with Crippen LogP contribution in [-0.4, -0.2) is 24.4 Å². The van der Waals surface area contributed by atoms with Crippen molar-refractivity contribution in [2.24, 2.45) is 5.92 Å². The minimum Gasteiger partial charge on any atom is -0.348 e. The van der Waals surface area contributed by atoms with E-state index in [4.69, 9.17) is 0 Å². The van der Waals surface area contributed by atoms with E-state index < -0.39 is 11.6 Å². The summed E-state index contributed by atoms with van der Waals surface area (Å²) in [6, 6.07) is 9.16. The first-order chi connectivity index (χ1) is 12.3. The van der Waals surface area contributed by atoms with Gasteiger partial charge in [0.2, 0.25) is 5.91 Å². The van der Waals surface area contributed by atoms with E-state index in [1.807, 2.05) is 13.8 Å². The first-order valence-electron chi connectivity index (χ1n) is 8.43. The quantitative estimate of drug-likeness (QED) is 0.804. The SMILES string of the molecule is CC(C)C(NC(=O)CN(C)Cc1ccc(F)cc1F)c1ccc(F)cc1. The largest absolute Gasteiger partial charge is 0.348 e. The fraction of sp³-hybridized carbons (Fsp3) is 0.350. The Morgan fingerprint density at radius 3 is 2.23 bits per heavy atom. The maximum absolute atomic E-state index is 13.7. The molecule has 2 aromatic rings. The molecule has 0 aromatic heterocycles. The second-order valence-electron chi connectivity index (χ2n) is 6.75. The van der Waals surface area contributed by atoms with Gasteiger partial charge in [-0.25, -0.2) is 13.2 Å². The zero-order valence-corrected chi connectivity index (χ0v) is 15.1. The Balaban J connectivity index is 1.97. The standard InChI is InChI=1S/C20H23F3N2O/c1-13(2)20(14-4-7-16(21)8-5-14)24-19(26)12-25(3)11-15-6-9-17(22)10-18(15)23/h4-10,13,20H,11-12H2,1-3H3,(H,24,26). The van der Waals surface area contributed by atoms with Gasteiger partial charge < -0.3 is 5.32 Å². The molecule has 0 spiro atoms. The molecule has 0 aliphatic carbocycles. The number of carbonyl (C=O) groups excluding carboxylic acids is 1. The molecule has 0 saturated heterocycles. The summed E-state index contributed by atoms with van der Waals surface area (Å²) in [4.78, 5) is 14.0. The zero-order valence-electron chi connectivity index (χ0n) is 15.1. The summed E-state index contributed by atoms with van der Waals surface area (Å²) in [6.45, 7) is 4.17. The third kappa shape index (κ3) is 5.59. The predicted octanol–water partition coefficient (Wildman–Crippen LogP) is 4.05. The summed E-state index contributed by atoms with van der Waals surface area (Å²) in [7, 11) is 1.69. The smallest absolute Gasteiger partial charge is 0.234 e. The van der Waals surface area contributed by atoms with Crippen LogP contribution in [0.5, 0.6) is 0 Å². The van der Waals surface area contributed by atoms with Crippen LogP contribution in [0.25, 0.3) is 0 Å². The number of carbonyl (C=O) groups is 1. The van der Waals surface area contributed by atoms with Gasteiger partial charge in [0.1, 0.15) is 17.5 Å². The zero-order chi connectivity index (χ0) is 19.3. The third-order valence-corrected chi connectivity index (χ3v) is 4.08. The highest BCUT2D eigenvalue weighted by molar-refractivity contribution is 5.78. The molecule has 1 unspecified atom stereocenters. The molecule has 0 aliphatic heterocycles. The lowest BCUT2D eigenvalue weighted by Crippen LogP contribution is -2.38. The van der Waals surface area contributed by atoms with Crippen LogP contribution in [0.2, 0.25) is 0 Å². The first kappa shape index (κ1) is 20.0.